The Kier molecular flexibility index (Phi) is 5.59. The van der Waals surface area contributed by atoms with Crippen molar-refractivity contribution in [3.8, 4) is 0 Å². The number of rotatable bonds is 6. The SMILES string of the molecule is CCCCC[C@]1(C(=O)CO)CC[C@H]2[C@@H]3CCC4=CC(=O)CC[C@]4(C)[C@H]3CC[C@@]21C. The maximum Gasteiger partial charge on any atom is 0.164 e. The zero-order valence-electron chi connectivity index (χ0n) is 18.8. The Labute approximate surface area is 176 Å². The minimum absolute atomic E-state index is 0.0315. The van der Waals surface area contributed by atoms with Crippen LogP contribution in [0, 0.1) is 34.0 Å². The highest BCUT2D eigenvalue weighted by Crippen LogP contribution is 2.71. The Morgan fingerprint density at radius 3 is 2.55 bits per heavy atom. The number of allylic oxidation sites excluding steroid dienone is 1. The highest BCUT2D eigenvalue weighted by Gasteiger charge is 2.65. The van der Waals surface area contributed by atoms with Gasteiger partial charge in [-0.2, -0.15) is 0 Å². The van der Waals surface area contributed by atoms with Crippen LogP contribution >= 0.6 is 0 Å². The van der Waals surface area contributed by atoms with E-state index in [0.717, 1.165) is 44.9 Å². The summed E-state index contributed by atoms with van der Waals surface area (Å²) in [5.41, 5.74) is 1.32. The average molecular weight is 401 g/mol. The fourth-order valence-corrected chi connectivity index (χ4v) is 8.53. The molecule has 3 nitrogen and oxygen atoms in total. The largest absolute Gasteiger partial charge is 0.389 e. The lowest BCUT2D eigenvalue weighted by atomic mass is 9.44. The highest BCUT2D eigenvalue weighted by atomic mass is 16.3. The summed E-state index contributed by atoms with van der Waals surface area (Å²) in [5.74, 6) is 2.35. The first-order valence-electron chi connectivity index (χ1n) is 12.2. The molecule has 0 aliphatic heterocycles. The van der Waals surface area contributed by atoms with Gasteiger partial charge in [-0.05, 0) is 86.0 Å². The summed E-state index contributed by atoms with van der Waals surface area (Å²) in [4.78, 5) is 25.2. The molecule has 0 bridgehead atoms. The van der Waals surface area contributed by atoms with Gasteiger partial charge in [0.15, 0.2) is 11.6 Å². The summed E-state index contributed by atoms with van der Waals surface area (Å²) in [6, 6.07) is 0. The number of ketones is 2. The number of fused-ring (bicyclic) bond motifs is 5. The van der Waals surface area contributed by atoms with Crippen LogP contribution in [-0.4, -0.2) is 23.3 Å². The van der Waals surface area contributed by atoms with E-state index < -0.39 is 0 Å². The van der Waals surface area contributed by atoms with Gasteiger partial charge < -0.3 is 5.11 Å². The van der Waals surface area contributed by atoms with Crippen LogP contribution in [-0.2, 0) is 9.59 Å². The van der Waals surface area contributed by atoms with Crippen molar-refractivity contribution >= 4 is 11.6 Å². The van der Waals surface area contributed by atoms with Gasteiger partial charge in [-0.1, -0.05) is 45.6 Å². The quantitative estimate of drug-likeness (QED) is 0.586. The van der Waals surface area contributed by atoms with E-state index in [1.54, 1.807) is 0 Å². The van der Waals surface area contributed by atoms with Gasteiger partial charge in [0.2, 0.25) is 0 Å². The van der Waals surface area contributed by atoms with Crippen LogP contribution in [0.25, 0.3) is 0 Å². The average Bonchev–Trinajstić information content (AvgIpc) is 3.01. The molecular weight excluding hydrogens is 360 g/mol. The number of hydrogen-bond acceptors (Lipinski definition) is 3. The van der Waals surface area contributed by atoms with Crippen LogP contribution in [0.1, 0.15) is 97.8 Å². The van der Waals surface area contributed by atoms with Crippen LogP contribution in [0.15, 0.2) is 11.6 Å². The second-order valence-corrected chi connectivity index (χ2v) is 11.1. The number of carbonyl (C=O) groups excluding carboxylic acids is 2. The van der Waals surface area contributed by atoms with E-state index in [0.29, 0.717) is 30.0 Å². The maximum absolute atomic E-state index is 13.2. The summed E-state index contributed by atoms with van der Waals surface area (Å²) in [5, 5.41) is 9.89. The van der Waals surface area contributed by atoms with E-state index in [1.807, 2.05) is 6.08 Å². The third-order valence-electron chi connectivity index (χ3n) is 10.2. The van der Waals surface area contributed by atoms with Gasteiger partial charge in [0.05, 0.1) is 0 Å². The van der Waals surface area contributed by atoms with E-state index >= 15 is 0 Å². The maximum atomic E-state index is 13.2. The molecule has 29 heavy (non-hydrogen) atoms. The second-order valence-electron chi connectivity index (χ2n) is 11.1. The first-order chi connectivity index (χ1) is 13.8. The Hall–Kier alpha value is -0.960. The first kappa shape index (κ1) is 21.3. The summed E-state index contributed by atoms with van der Waals surface area (Å²) < 4.78 is 0. The van der Waals surface area contributed by atoms with E-state index in [2.05, 4.69) is 20.8 Å². The fourth-order valence-electron chi connectivity index (χ4n) is 8.53. The van der Waals surface area contributed by atoms with Crippen molar-refractivity contribution in [3.05, 3.63) is 11.6 Å². The van der Waals surface area contributed by atoms with E-state index in [-0.39, 0.29) is 28.6 Å². The van der Waals surface area contributed by atoms with Crippen LogP contribution in [0.3, 0.4) is 0 Å². The van der Waals surface area contributed by atoms with Crippen LogP contribution in [0.2, 0.25) is 0 Å². The van der Waals surface area contributed by atoms with Crippen molar-refractivity contribution in [2.24, 2.45) is 34.0 Å². The van der Waals surface area contributed by atoms with Crippen molar-refractivity contribution in [1.29, 1.82) is 0 Å². The third-order valence-corrected chi connectivity index (χ3v) is 10.2. The molecule has 0 unspecified atom stereocenters. The van der Waals surface area contributed by atoms with Crippen molar-refractivity contribution < 1.29 is 14.7 Å². The predicted molar refractivity (Wildman–Crippen MR) is 115 cm³/mol. The topological polar surface area (TPSA) is 54.4 Å². The molecule has 0 radical (unpaired) electrons. The van der Waals surface area contributed by atoms with Gasteiger partial charge in [-0.25, -0.2) is 0 Å². The van der Waals surface area contributed by atoms with E-state index in [9.17, 15) is 14.7 Å². The Balaban J connectivity index is 1.65. The standard InChI is InChI=1S/C26H40O3/c1-4-5-6-12-26(23(29)17-27)15-11-22-20-8-7-18-16-19(28)9-13-24(18,2)21(20)10-14-25(22,26)3/h16,20-22,27H,4-15,17H2,1-3H3/t20-,21+,22+,24+,25+,26-/m1/s1. The number of hydrogen-bond donors (Lipinski definition) is 1. The number of carbonyl (C=O) groups is 2. The van der Waals surface area contributed by atoms with Crippen LogP contribution in [0.5, 0.6) is 0 Å². The van der Waals surface area contributed by atoms with Gasteiger partial charge in [0, 0.05) is 11.8 Å². The molecule has 162 valence electrons. The minimum atomic E-state index is -0.313. The van der Waals surface area contributed by atoms with Gasteiger partial charge in [-0.3, -0.25) is 9.59 Å². The molecule has 0 aromatic rings. The lowest BCUT2D eigenvalue weighted by Gasteiger charge is -2.59. The summed E-state index contributed by atoms with van der Waals surface area (Å²) >= 11 is 0. The normalized spacial score (nSPS) is 43.9. The van der Waals surface area contributed by atoms with E-state index in [1.165, 1.54) is 31.3 Å². The number of aliphatic hydroxyl groups is 1. The molecule has 1 N–H and O–H groups in total. The Morgan fingerprint density at radius 2 is 1.83 bits per heavy atom. The van der Waals surface area contributed by atoms with Crippen LogP contribution in [0.4, 0.5) is 0 Å². The first-order valence-corrected chi connectivity index (χ1v) is 12.2. The molecule has 0 amide bonds. The molecule has 0 saturated heterocycles. The minimum Gasteiger partial charge on any atom is -0.389 e. The molecule has 3 heteroatoms. The molecule has 0 aromatic heterocycles. The molecule has 6 atom stereocenters. The van der Waals surface area contributed by atoms with Gasteiger partial charge in [0.25, 0.3) is 0 Å². The molecule has 3 fully saturated rings. The summed E-state index contributed by atoms with van der Waals surface area (Å²) in [7, 11) is 0. The van der Waals surface area contributed by atoms with Gasteiger partial charge >= 0.3 is 0 Å². The van der Waals surface area contributed by atoms with Crippen LogP contribution < -0.4 is 0 Å². The van der Waals surface area contributed by atoms with Crippen molar-refractivity contribution in [2.75, 3.05) is 6.61 Å². The fraction of sp³-hybridized carbons (Fsp3) is 0.846. The van der Waals surface area contributed by atoms with Crippen molar-refractivity contribution in [3.63, 3.8) is 0 Å². The smallest absolute Gasteiger partial charge is 0.164 e. The van der Waals surface area contributed by atoms with Crippen molar-refractivity contribution in [2.45, 2.75) is 97.8 Å². The van der Waals surface area contributed by atoms with Gasteiger partial charge in [0.1, 0.15) is 6.61 Å². The van der Waals surface area contributed by atoms with E-state index in [4.69, 9.17) is 0 Å². The molecule has 0 spiro atoms. The number of unbranched alkanes of at least 4 members (excludes halogenated alkanes) is 2. The lowest BCUT2D eigenvalue weighted by Crippen LogP contribution is -2.54. The monoisotopic (exact) mass is 400 g/mol. The summed E-state index contributed by atoms with van der Waals surface area (Å²) in [6.07, 6.45) is 14.7. The third kappa shape index (κ3) is 3.01. The predicted octanol–water partition coefficient (Wildman–Crippen LogP) is 5.65. The number of aliphatic hydroxyl groups excluding tert-OH is 1. The Morgan fingerprint density at radius 1 is 1.07 bits per heavy atom. The molecule has 3 saturated carbocycles. The second kappa shape index (κ2) is 7.62. The molecule has 4 aliphatic carbocycles. The molecule has 4 aliphatic rings. The molecule has 0 aromatic carbocycles. The zero-order valence-corrected chi connectivity index (χ0v) is 18.8. The molecule has 0 heterocycles. The highest BCUT2D eigenvalue weighted by molar-refractivity contribution is 5.91. The molecular formula is C26H40O3. The lowest BCUT2D eigenvalue weighted by molar-refractivity contribution is -0.147. The number of Topliss-reactive ketones (excluding diaryl/α,β-unsaturated/α-hetero) is 1. The molecule has 4 rings (SSSR count). The summed E-state index contributed by atoms with van der Waals surface area (Å²) in [6.45, 7) is 6.74. The Bertz CT molecular complexity index is 709. The van der Waals surface area contributed by atoms with Gasteiger partial charge in [-0.15, -0.1) is 0 Å². The zero-order chi connectivity index (χ0) is 20.9. The van der Waals surface area contributed by atoms with Crippen molar-refractivity contribution in [1.82, 2.24) is 0 Å².